The second-order valence-electron chi connectivity index (χ2n) is 3.44. The Kier molecular flexibility index (Phi) is 5.10. The van der Waals surface area contributed by atoms with Crippen LogP contribution < -0.4 is 4.72 Å². The largest absolute Gasteiger partial charge is 0.469 e. The molecule has 0 saturated carbocycles. The molecule has 0 aromatic carbocycles. The molecule has 1 aromatic heterocycles. The van der Waals surface area contributed by atoms with Gasteiger partial charge in [-0.25, -0.2) is 13.1 Å². The predicted octanol–water partition coefficient (Wildman–Crippen LogP) is 1.37. The summed E-state index contributed by atoms with van der Waals surface area (Å²) in [4.78, 5) is 11.1. The van der Waals surface area contributed by atoms with Gasteiger partial charge in [-0.15, -0.1) is 11.3 Å². The van der Waals surface area contributed by atoms with Crippen LogP contribution in [0.5, 0.6) is 0 Å². The lowest BCUT2D eigenvalue weighted by Gasteiger charge is -2.14. The van der Waals surface area contributed by atoms with Gasteiger partial charge >= 0.3 is 5.97 Å². The van der Waals surface area contributed by atoms with E-state index in [-0.39, 0.29) is 10.6 Å². The van der Waals surface area contributed by atoms with Crippen LogP contribution in [-0.4, -0.2) is 27.5 Å². The Balaban J connectivity index is 2.71. The van der Waals surface area contributed by atoms with Crippen molar-refractivity contribution in [3.05, 3.63) is 17.5 Å². The van der Waals surface area contributed by atoms with Crippen LogP contribution in [0.4, 0.5) is 0 Å². The highest BCUT2D eigenvalue weighted by Gasteiger charge is 2.21. The van der Waals surface area contributed by atoms with Crippen molar-refractivity contribution in [3.8, 4) is 0 Å². The van der Waals surface area contributed by atoms with E-state index in [0.29, 0.717) is 6.42 Å². The van der Waals surface area contributed by atoms with Gasteiger partial charge < -0.3 is 4.74 Å². The standard InChI is InChI=1S/C10H15NO4S2/c1-3-8(7-9(12)15-2)11-17(13,14)10-5-4-6-16-10/h4-6,8,11H,3,7H2,1-2H3. The SMILES string of the molecule is CCC(CC(=O)OC)NS(=O)(=O)c1cccs1. The highest BCUT2D eigenvalue weighted by Crippen LogP contribution is 2.16. The third-order valence-corrected chi connectivity index (χ3v) is 5.13. The number of hydrogen-bond donors (Lipinski definition) is 1. The minimum atomic E-state index is -3.52. The van der Waals surface area contributed by atoms with E-state index < -0.39 is 22.0 Å². The molecule has 0 aliphatic heterocycles. The van der Waals surface area contributed by atoms with E-state index in [1.807, 2.05) is 6.92 Å². The van der Waals surface area contributed by atoms with Crippen LogP contribution in [0, 0.1) is 0 Å². The molecule has 0 radical (unpaired) electrons. The number of carbonyl (C=O) groups is 1. The Bertz CT molecular complexity index is 453. The second kappa shape index (κ2) is 6.13. The van der Waals surface area contributed by atoms with Gasteiger partial charge in [0.1, 0.15) is 4.21 Å². The lowest BCUT2D eigenvalue weighted by molar-refractivity contribution is -0.141. The molecular formula is C10H15NO4S2. The number of nitrogens with one attached hydrogen (secondary N) is 1. The summed E-state index contributed by atoms with van der Waals surface area (Å²) < 4.78 is 31.0. The fourth-order valence-electron chi connectivity index (χ4n) is 1.25. The van der Waals surface area contributed by atoms with Gasteiger partial charge in [-0.1, -0.05) is 13.0 Å². The van der Waals surface area contributed by atoms with Gasteiger partial charge in [0, 0.05) is 6.04 Å². The lowest BCUT2D eigenvalue weighted by Crippen LogP contribution is -2.35. The molecule has 0 aliphatic carbocycles. The Morgan fingerprint density at radius 3 is 2.76 bits per heavy atom. The second-order valence-corrected chi connectivity index (χ2v) is 6.33. The third-order valence-electron chi connectivity index (χ3n) is 2.22. The van der Waals surface area contributed by atoms with E-state index in [4.69, 9.17) is 0 Å². The average molecular weight is 277 g/mol. The molecule has 1 N–H and O–H groups in total. The summed E-state index contributed by atoms with van der Waals surface area (Å²) in [6, 6.07) is 2.76. The number of thiophene rings is 1. The first-order valence-electron chi connectivity index (χ1n) is 5.12. The topological polar surface area (TPSA) is 72.5 Å². The average Bonchev–Trinajstić information content (AvgIpc) is 2.81. The van der Waals surface area contributed by atoms with Crippen LogP contribution in [0.2, 0.25) is 0 Å². The molecule has 0 bridgehead atoms. The van der Waals surface area contributed by atoms with Crippen molar-refractivity contribution >= 4 is 27.3 Å². The van der Waals surface area contributed by atoms with E-state index >= 15 is 0 Å². The maximum Gasteiger partial charge on any atom is 0.307 e. The van der Waals surface area contributed by atoms with Crippen molar-refractivity contribution in [2.75, 3.05) is 7.11 Å². The first-order chi connectivity index (χ1) is 7.99. The van der Waals surface area contributed by atoms with Crippen LogP contribution >= 0.6 is 11.3 Å². The summed E-state index contributed by atoms with van der Waals surface area (Å²) in [5.41, 5.74) is 0. The summed E-state index contributed by atoms with van der Waals surface area (Å²) in [6.07, 6.45) is 0.567. The number of rotatable bonds is 6. The van der Waals surface area contributed by atoms with E-state index in [1.54, 1.807) is 11.4 Å². The van der Waals surface area contributed by atoms with E-state index in [9.17, 15) is 13.2 Å². The zero-order valence-corrected chi connectivity index (χ0v) is 11.3. The Hall–Kier alpha value is -0.920. The molecule has 96 valence electrons. The Labute approximate surface area is 105 Å². The smallest absolute Gasteiger partial charge is 0.307 e. The van der Waals surface area contributed by atoms with Gasteiger partial charge in [0.05, 0.1) is 13.5 Å². The van der Waals surface area contributed by atoms with Crippen LogP contribution in [0.3, 0.4) is 0 Å². The number of methoxy groups -OCH3 is 1. The van der Waals surface area contributed by atoms with Gasteiger partial charge in [-0.2, -0.15) is 0 Å². The van der Waals surface area contributed by atoms with Crippen molar-refractivity contribution in [1.29, 1.82) is 0 Å². The molecule has 1 rings (SSSR count). The van der Waals surface area contributed by atoms with Crippen molar-refractivity contribution in [1.82, 2.24) is 4.72 Å². The molecule has 7 heteroatoms. The molecule has 1 heterocycles. The zero-order valence-electron chi connectivity index (χ0n) is 9.67. The normalized spacial score (nSPS) is 13.3. The van der Waals surface area contributed by atoms with E-state index in [0.717, 1.165) is 11.3 Å². The minimum absolute atomic E-state index is 0.0393. The van der Waals surface area contributed by atoms with Crippen LogP contribution in [-0.2, 0) is 19.6 Å². The summed E-state index contributed by atoms with van der Waals surface area (Å²) >= 11 is 1.14. The molecule has 0 saturated heterocycles. The maximum absolute atomic E-state index is 11.9. The highest BCUT2D eigenvalue weighted by atomic mass is 32.2. The molecular weight excluding hydrogens is 262 g/mol. The van der Waals surface area contributed by atoms with Crippen molar-refractivity contribution in [3.63, 3.8) is 0 Å². The molecule has 1 aromatic rings. The molecule has 1 unspecified atom stereocenters. The molecule has 1 atom stereocenters. The molecule has 17 heavy (non-hydrogen) atoms. The van der Waals surface area contributed by atoms with Crippen molar-refractivity contribution in [2.45, 2.75) is 30.0 Å². The van der Waals surface area contributed by atoms with Crippen molar-refractivity contribution < 1.29 is 17.9 Å². The summed E-state index contributed by atoms with van der Waals surface area (Å²) in [5, 5.41) is 1.69. The molecule has 0 fully saturated rings. The summed E-state index contributed by atoms with van der Waals surface area (Å²) in [7, 11) is -2.24. The van der Waals surface area contributed by atoms with Gasteiger partial charge in [0.15, 0.2) is 0 Å². The number of esters is 1. The number of hydrogen-bond acceptors (Lipinski definition) is 5. The molecule has 5 nitrogen and oxygen atoms in total. The lowest BCUT2D eigenvalue weighted by atomic mass is 10.2. The van der Waals surface area contributed by atoms with Gasteiger partial charge in [-0.05, 0) is 17.9 Å². The summed E-state index contributed by atoms with van der Waals surface area (Å²) in [6.45, 7) is 1.81. The molecule has 0 spiro atoms. The minimum Gasteiger partial charge on any atom is -0.469 e. The molecule has 0 aliphatic rings. The van der Waals surface area contributed by atoms with Crippen LogP contribution in [0.1, 0.15) is 19.8 Å². The van der Waals surface area contributed by atoms with Gasteiger partial charge in [0.25, 0.3) is 0 Å². The summed E-state index contributed by atoms with van der Waals surface area (Å²) in [5.74, 6) is -0.425. The zero-order chi connectivity index (χ0) is 12.9. The van der Waals surface area contributed by atoms with E-state index in [1.165, 1.54) is 13.2 Å². The van der Waals surface area contributed by atoms with Crippen LogP contribution in [0.25, 0.3) is 0 Å². The third kappa shape index (κ3) is 4.10. The fraction of sp³-hybridized carbons (Fsp3) is 0.500. The van der Waals surface area contributed by atoms with Gasteiger partial charge in [0.2, 0.25) is 10.0 Å². The monoisotopic (exact) mass is 277 g/mol. The van der Waals surface area contributed by atoms with E-state index in [2.05, 4.69) is 9.46 Å². The van der Waals surface area contributed by atoms with Gasteiger partial charge in [-0.3, -0.25) is 4.79 Å². The predicted molar refractivity (Wildman–Crippen MR) is 65.4 cm³/mol. The molecule has 0 amide bonds. The number of carbonyl (C=O) groups excluding carboxylic acids is 1. The number of sulfonamides is 1. The fourth-order valence-corrected chi connectivity index (χ4v) is 3.58. The Morgan fingerprint density at radius 2 is 2.29 bits per heavy atom. The first kappa shape index (κ1) is 14.1. The number of ether oxygens (including phenoxy) is 1. The van der Waals surface area contributed by atoms with Crippen LogP contribution in [0.15, 0.2) is 21.7 Å². The van der Waals surface area contributed by atoms with Crippen molar-refractivity contribution in [2.24, 2.45) is 0 Å². The quantitative estimate of drug-likeness (QED) is 0.797. The maximum atomic E-state index is 11.9. The first-order valence-corrected chi connectivity index (χ1v) is 7.48. The highest BCUT2D eigenvalue weighted by molar-refractivity contribution is 7.91. The Morgan fingerprint density at radius 1 is 1.59 bits per heavy atom.